The predicted octanol–water partition coefficient (Wildman–Crippen LogP) is 0.595. The van der Waals surface area contributed by atoms with Gasteiger partial charge in [-0.05, 0) is 27.2 Å². The van der Waals surface area contributed by atoms with Crippen molar-refractivity contribution in [3.8, 4) is 0 Å². The number of aromatic nitrogens is 2. The van der Waals surface area contributed by atoms with Gasteiger partial charge in [0.15, 0.2) is 0 Å². The monoisotopic (exact) mass is 251 g/mol. The van der Waals surface area contributed by atoms with Gasteiger partial charge in [0.2, 0.25) is 0 Å². The van der Waals surface area contributed by atoms with Gasteiger partial charge in [0.05, 0.1) is 0 Å². The number of anilines is 1. The van der Waals surface area contributed by atoms with Crippen LogP contribution in [-0.4, -0.2) is 45.7 Å². The van der Waals surface area contributed by atoms with Crippen molar-refractivity contribution >= 4 is 11.7 Å². The third-order valence-electron chi connectivity index (χ3n) is 3.31. The normalized spacial score (nSPS) is 21.2. The van der Waals surface area contributed by atoms with Gasteiger partial charge in [-0.25, -0.2) is 0 Å². The molecule has 1 fully saturated rings. The Kier molecular flexibility index (Phi) is 3.30. The van der Waals surface area contributed by atoms with Gasteiger partial charge in [0, 0.05) is 30.7 Å². The number of aromatic amines is 1. The Morgan fingerprint density at radius 1 is 1.61 bits per heavy atom. The number of nitrogens with zero attached hydrogens (tertiary/aromatic N) is 2. The van der Waals surface area contributed by atoms with E-state index in [1.807, 2.05) is 0 Å². The maximum absolute atomic E-state index is 11.9. The largest absolute Gasteiger partial charge is 0.382 e. The summed E-state index contributed by atoms with van der Waals surface area (Å²) >= 11 is 0. The van der Waals surface area contributed by atoms with E-state index in [0.717, 1.165) is 19.5 Å². The number of nitrogens with two attached hydrogens (primary N) is 1. The van der Waals surface area contributed by atoms with Gasteiger partial charge in [-0.2, -0.15) is 5.10 Å². The Morgan fingerprint density at radius 2 is 2.33 bits per heavy atom. The molecule has 1 unspecified atom stereocenters. The number of carbonyl (C=O) groups is 1. The minimum Gasteiger partial charge on any atom is -0.382 e. The zero-order valence-electron chi connectivity index (χ0n) is 11.2. The number of carbonyl (C=O) groups excluding carboxylic acids is 1. The molecule has 6 nitrogen and oxygen atoms in total. The lowest BCUT2D eigenvalue weighted by Gasteiger charge is -2.31. The molecule has 0 radical (unpaired) electrons. The van der Waals surface area contributed by atoms with E-state index in [4.69, 9.17) is 5.73 Å². The van der Waals surface area contributed by atoms with Crippen LogP contribution in [0.4, 0.5) is 5.82 Å². The van der Waals surface area contributed by atoms with Crippen molar-refractivity contribution in [3.05, 3.63) is 11.8 Å². The highest BCUT2D eigenvalue weighted by molar-refractivity contribution is 5.93. The number of hydrogen-bond donors (Lipinski definition) is 3. The van der Waals surface area contributed by atoms with Crippen LogP contribution in [0.1, 0.15) is 37.7 Å². The molecule has 1 aromatic heterocycles. The molecule has 6 heteroatoms. The highest BCUT2D eigenvalue weighted by Gasteiger charge is 2.31. The molecule has 1 saturated heterocycles. The fraction of sp³-hybridized carbons (Fsp3) is 0.667. The van der Waals surface area contributed by atoms with E-state index in [1.165, 1.54) is 0 Å². The van der Waals surface area contributed by atoms with Gasteiger partial charge < -0.3 is 11.1 Å². The van der Waals surface area contributed by atoms with E-state index in [9.17, 15) is 4.79 Å². The van der Waals surface area contributed by atoms with Crippen LogP contribution in [0.15, 0.2) is 6.07 Å². The van der Waals surface area contributed by atoms with E-state index in [2.05, 4.69) is 41.2 Å². The van der Waals surface area contributed by atoms with E-state index < -0.39 is 0 Å². The average Bonchev–Trinajstić information content (AvgIpc) is 2.85. The van der Waals surface area contributed by atoms with Crippen LogP contribution in [-0.2, 0) is 0 Å². The SMILES string of the molecule is CC(C)(C)N1CCC(NC(=O)c2cc(N)n[nH]2)C1. The molecular formula is C12H21N5O. The topological polar surface area (TPSA) is 87.0 Å². The summed E-state index contributed by atoms with van der Waals surface area (Å²) < 4.78 is 0. The van der Waals surface area contributed by atoms with Crippen molar-refractivity contribution in [2.45, 2.75) is 38.8 Å². The quantitative estimate of drug-likeness (QED) is 0.718. The highest BCUT2D eigenvalue weighted by atomic mass is 16.2. The molecule has 0 aromatic carbocycles. The summed E-state index contributed by atoms with van der Waals surface area (Å²) in [5.74, 6) is 0.197. The number of rotatable bonds is 2. The summed E-state index contributed by atoms with van der Waals surface area (Å²) in [5, 5.41) is 9.37. The first-order chi connectivity index (χ1) is 8.36. The fourth-order valence-electron chi connectivity index (χ4n) is 2.20. The number of amides is 1. The zero-order valence-corrected chi connectivity index (χ0v) is 11.2. The summed E-state index contributed by atoms with van der Waals surface area (Å²) in [5.41, 5.74) is 6.04. The highest BCUT2D eigenvalue weighted by Crippen LogP contribution is 2.20. The van der Waals surface area contributed by atoms with E-state index in [0.29, 0.717) is 11.5 Å². The van der Waals surface area contributed by atoms with Crippen LogP contribution in [0.3, 0.4) is 0 Å². The van der Waals surface area contributed by atoms with Crippen LogP contribution in [0.2, 0.25) is 0 Å². The second-order valence-electron chi connectivity index (χ2n) is 5.78. The predicted molar refractivity (Wildman–Crippen MR) is 70.2 cm³/mol. The lowest BCUT2D eigenvalue weighted by Crippen LogP contribution is -2.43. The second-order valence-corrected chi connectivity index (χ2v) is 5.78. The van der Waals surface area contributed by atoms with Crippen molar-refractivity contribution < 1.29 is 4.79 Å². The number of likely N-dealkylation sites (tertiary alicyclic amines) is 1. The molecule has 18 heavy (non-hydrogen) atoms. The van der Waals surface area contributed by atoms with Crippen LogP contribution in [0.25, 0.3) is 0 Å². The van der Waals surface area contributed by atoms with E-state index >= 15 is 0 Å². The first-order valence-electron chi connectivity index (χ1n) is 6.23. The Labute approximate surface area is 107 Å². The van der Waals surface area contributed by atoms with Gasteiger partial charge in [-0.15, -0.1) is 0 Å². The van der Waals surface area contributed by atoms with Gasteiger partial charge >= 0.3 is 0 Å². The van der Waals surface area contributed by atoms with Crippen molar-refractivity contribution in [2.24, 2.45) is 0 Å². The van der Waals surface area contributed by atoms with Crippen molar-refractivity contribution in [3.63, 3.8) is 0 Å². The summed E-state index contributed by atoms with van der Waals surface area (Å²) in [6.07, 6.45) is 0.979. The minimum absolute atomic E-state index is 0.139. The molecule has 1 amide bonds. The number of nitrogens with one attached hydrogen (secondary N) is 2. The maximum atomic E-state index is 11.9. The van der Waals surface area contributed by atoms with Crippen LogP contribution < -0.4 is 11.1 Å². The molecule has 1 aliphatic heterocycles. The smallest absolute Gasteiger partial charge is 0.269 e. The van der Waals surface area contributed by atoms with Crippen LogP contribution >= 0.6 is 0 Å². The lowest BCUT2D eigenvalue weighted by atomic mass is 10.1. The summed E-state index contributed by atoms with van der Waals surface area (Å²) in [6, 6.07) is 1.74. The molecule has 0 spiro atoms. The molecule has 100 valence electrons. The third kappa shape index (κ3) is 2.81. The van der Waals surface area contributed by atoms with E-state index in [1.54, 1.807) is 6.07 Å². The second kappa shape index (κ2) is 4.61. The Balaban J connectivity index is 1.90. The summed E-state index contributed by atoms with van der Waals surface area (Å²) in [7, 11) is 0. The molecule has 2 heterocycles. The van der Waals surface area contributed by atoms with Crippen molar-refractivity contribution in [2.75, 3.05) is 18.8 Å². The number of nitrogen functional groups attached to an aromatic ring is 1. The first kappa shape index (κ1) is 12.9. The van der Waals surface area contributed by atoms with Gasteiger partial charge in [0.1, 0.15) is 11.5 Å². The summed E-state index contributed by atoms with van der Waals surface area (Å²) in [4.78, 5) is 14.3. The summed E-state index contributed by atoms with van der Waals surface area (Å²) in [6.45, 7) is 8.46. The molecule has 1 aromatic rings. The molecule has 0 bridgehead atoms. The fourth-order valence-corrected chi connectivity index (χ4v) is 2.20. The van der Waals surface area contributed by atoms with Crippen LogP contribution in [0, 0.1) is 0 Å². The van der Waals surface area contributed by atoms with Crippen molar-refractivity contribution in [1.82, 2.24) is 20.4 Å². The molecule has 0 saturated carbocycles. The lowest BCUT2D eigenvalue weighted by molar-refractivity contribution is 0.0927. The molecule has 1 aliphatic rings. The van der Waals surface area contributed by atoms with Gasteiger partial charge in [-0.3, -0.25) is 14.8 Å². The molecule has 4 N–H and O–H groups in total. The minimum atomic E-state index is -0.139. The van der Waals surface area contributed by atoms with Crippen molar-refractivity contribution in [1.29, 1.82) is 0 Å². The van der Waals surface area contributed by atoms with Gasteiger partial charge in [-0.1, -0.05) is 0 Å². The molecule has 0 aliphatic carbocycles. The molecule has 1 atom stereocenters. The first-order valence-corrected chi connectivity index (χ1v) is 6.23. The Morgan fingerprint density at radius 3 is 2.83 bits per heavy atom. The van der Waals surface area contributed by atoms with Crippen LogP contribution in [0.5, 0.6) is 0 Å². The maximum Gasteiger partial charge on any atom is 0.269 e. The number of hydrogen-bond acceptors (Lipinski definition) is 4. The molecular weight excluding hydrogens is 230 g/mol. The standard InChI is InChI=1S/C12H21N5O/c1-12(2,3)17-5-4-8(7-17)14-11(18)9-6-10(13)16-15-9/h6,8H,4-5,7H2,1-3H3,(H,14,18)(H3,13,15,16). The zero-order chi connectivity index (χ0) is 13.3. The third-order valence-corrected chi connectivity index (χ3v) is 3.31. The Bertz CT molecular complexity index is 434. The van der Waals surface area contributed by atoms with Gasteiger partial charge in [0.25, 0.3) is 5.91 Å². The average molecular weight is 251 g/mol. The molecule has 2 rings (SSSR count). The van der Waals surface area contributed by atoms with E-state index in [-0.39, 0.29) is 17.5 Å². The number of H-pyrrole nitrogens is 1. The Hall–Kier alpha value is -1.56.